The van der Waals surface area contributed by atoms with Crippen LogP contribution in [-0.2, 0) is 0 Å². The van der Waals surface area contributed by atoms with Crippen LogP contribution in [-0.4, -0.2) is 37.6 Å². The van der Waals surface area contributed by atoms with E-state index in [0.717, 1.165) is 23.8 Å². The molecule has 0 aromatic heterocycles. The molecule has 1 aliphatic heterocycles. The Labute approximate surface area is 115 Å². The summed E-state index contributed by atoms with van der Waals surface area (Å²) < 4.78 is 0. The second-order valence-electron chi connectivity index (χ2n) is 6.83. The molecule has 0 aromatic carbocycles. The monoisotopic (exact) mass is 254 g/mol. The highest BCUT2D eigenvalue weighted by atomic mass is 15.1. The fourth-order valence-electron chi connectivity index (χ4n) is 3.09. The van der Waals surface area contributed by atoms with E-state index in [1.54, 1.807) is 0 Å². The summed E-state index contributed by atoms with van der Waals surface area (Å²) in [5.41, 5.74) is 0. The summed E-state index contributed by atoms with van der Waals surface area (Å²) in [4.78, 5) is 2.55. The maximum absolute atomic E-state index is 3.54. The molecule has 1 aliphatic rings. The van der Waals surface area contributed by atoms with Crippen LogP contribution in [0.1, 0.15) is 53.4 Å². The lowest BCUT2D eigenvalue weighted by molar-refractivity contribution is 0.190. The topological polar surface area (TPSA) is 15.3 Å². The maximum Gasteiger partial charge on any atom is 0.00663 e. The van der Waals surface area contributed by atoms with Gasteiger partial charge in [0.25, 0.3) is 0 Å². The van der Waals surface area contributed by atoms with Crippen molar-refractivity contribution in [1.29, 1.82) is 0 Å². The number of hydrogen-bond donors (Lipinski definition) is 1. The minimum Gasteiger partial charge on any atom is -0.316 e. The van der Waals surface area contributed by atoms with Gasteiger partial charge in [-0.25, -0.2) is 0 Å². The summed E-state index contributed by atoms with van der Waals surface area (Å²) in [6.45, 7) is 13.2. The largest absolute Gasteiger partial charge is 0.316 e. The van der Waals surface area contributed by atoms with E-state index in [0.29, 0.717) is 0 Å². The smallest absolute Gasteiger partial charge is 0.00663 e. The van der Waals surface area contributed by atoms with Crippen molar-refractivity contribution in [2.24, 2.45) is 17.8 Å². The van der Waals surface area contributed by atoms with E-state index in [4.69, 9.17) is 0 Å². The highest BCUT2D eigenvalue weighted by molar-refractivity contribution is 4.75. The lowest BCUT2D eigenvalue weighted by Crippen LogP contribution is -2.36. The predicted molar refractivity (Wildman–Crippen MR) is 80.9 cm³/mol. The van der Waals surface area contributed by atoms with Crippen molar-refractivity contribution in [1.82, 2.24) is 10.2 Å². The van der Waals surface area contributed by atoms with Crippen LogP contribution in [0.25, 0.3) is 0 Å². The molecule has 0 radical (unpaired) electrons. The molecule has 0 spiro atoms. The van der Waals surface area contributed by atoms with E-state index in [1.165, 1.54) is 45.3 Å². The molecular weight excluding hydrogens is 220 g/mol. The molecule has 1 rings (SSSR count). The second kappa shape index (κ2) is 8.16. The molecule has 108 valence electrons. The fourth-order valence-corrected chi connectivity index (χ4v) is 3.09. The molecular formula is C16H34N2. The number of piperidine rings is 1. The van der Waals surface area contributed by atoms with Crippen LogP contribution in [0.15, 0.2) is 0 Å². The summed E-state index contributed by atoms with van der Waals surface area (Å²) in [6, 6.07) is 0.724. The van der Waals surface area contributed by atoms with Gasteiger partial charge >= 0.3 is 0 Å². The molecule has 1 heterocycles. The molecule has 1 N–H and O–H groups in total. The van der Waals surface area contributed by atoms with Gasteiger partial charge in [0.1, 0.15) is 0 Å². The van der Waals surface area contributed by atoms with Crippen molar-refractivity contribution in [2.45, 2.75) is 59.4 Å². The molecule has 3 atom stereocenters. The maximum atomic E-state index is 3.54. The first-order chi connectivity index (χ1) is 8.50. The van der Waals surface area contributed by atoms with Gasteiger partial charge in [-0.1, -0.05) is 20.8 Å². The Morgan fingerprint density at radius 1 is 1.22 bits per heavy atom. The third kappa shape index (κ3) is 5.71. The first kappa shape index (κ1) is 16.0. The van der Waals surface area contributed by atoms with Crippen LogP contribution in [0.2, 0.25) is 0 Å². The molecule has 0 saturated carbocycles. The highest BCUT2D eigenvalue weighted by Crippen LogP contribution is 2.23. The summed E-state index contributed by atoms with van der Waals surface area (Å²) in [6.07, 6.45) is 5.47. The van der Waals surface area contributed by atoms with E-state index >= 15 is 0 Å². The van der Waals surface area contributed by atoms with E-state index in [2.05, 4.69) is 45.0 Å². The van der Waals surface area contributed by atoms with E-state index < -0.39 is 0 Å². The molecule has 2 heteroatoms. The molecule has 18 heavy (non-hydrogen) atoms. The Bertz CT molecular complexity index is 209. The molecule has 0 aliphatic carbocycles. The Kier molecular flexibility index (Phi) is 7.25. The standard InChI is InChI=1S/C16H34N2/c1-13(2)11-15(4)18(5)10-8-14(3)16-7-6-9-17-12-16/h13-17H,6-12H2,1-5H3. The second-order valence-corrected chi connectivity index (χ2v) is 6.83. The van der Waals surface area contributed by atoms with Crippen molar-refractivity contribution >= 4 is 0 Å². The molecule has 0 aromatic rings. The first-order valence-electron chi connectivity index (χ1n) is 7.91. The third-order valence-electron chi connectivity index (χ3n) is 4.64. The fraction of sp³-hybridized carbons (Fsp3) is 1.00. The minimum atomic E-state index is 0.724. The summed E-state index contributed by atoms with van der Waals surface area (Å²) in [5, 5.41) is 3.54. The SMILES string of the molecule is CC(C)CC(C)N(C)CCC(C)C1CCCNC1. The van der Waals surface area contributed by atoms with Gasteiger partial charge in [-0.3, -0.25) is 0 Å². The molecule has 1 fully saturated rings. The van der Waals surface area contributed by atoms with Crippen LogP contribution in [0, 0.1) is 17.8 Å². The van der Waals surface area contributed by atoms with Crippen molar-refractivity contribution in [3.63, 3.8) is 0 Å². The molecule has 2 nitrogen and oxygen atoms in total. The normalized spacial score (nSPS) is 24.5. The Morgan fingerprint density at radius 2 is 1.94 bits per heavy atom. The van der Waals surface area contributed by atoms with E-state index in [1.807, 2.05) is 0 Å². The van der Waals surface area contributed by atoms with E-state index in [9.17, 15) is 0 Å². The van der Waals surface area contributed by atoms with Crippen LogP contribution < -0.4 is 5.32 Å². The average molecular weight is 254 g/mol. The molecule has 0 amide bonds. The van der Waals surface area contributed by atoms with Crippen molar-refractivity contribution < 1.29 is 0 Å². The average Bonchev–Trinajstić information content (AvgIpc) is 2.35. The van der Waals surface area contributed by atoms with Crippen LogP contribution >= 0.6 is 0 Å². The molecule has 1 saturated heterocycles. The van der Waals surface area contributed by atoms with Gasteiger partial charge < -0.3 is 10.2 Å². The van der Waals surface area contributed by atoms with Crippen molar-refractivity contribution in [3.8, 4) is 0 Å². The molecule has 3 unspecified atom stereocenters. The lowest BCUT2D eigenvalue weighted by Gasteiger charge is -2.31. The van der Waals surface area contributed by atoms with Crippen LogP contribution in [0.3, 0.4) is 0 Å². The summed E-state index contributed by atoms with van der Waals surface area (Å²) >= 11 is 0. The van der Waals surface area contributed by atoms with Gasteiger partial charge in [0.2, 0.25) is 0 Å². The van der Waals surface area contributed by atoms with Crippen LogP contribution in [0.5, 0.6) is 0 Å². The molecule has 0 bridgehead atoms. The zero-order valence-corrected chi connectivity index (χ0v) is 13.2. The Morgan fingerprint density at radius 3 is 2.50 bits per heavy atom. The third-order valence-corrected chi connectivity index (χ3v) is 4.64. The van der Waals surface area contributed by atoms with Gasteiger partial charge in [-0.15, -0.1) is 0 Å². The van der Waals surface area contributed by atoms with Gasteiger partial charge in [0.05, 0.1) is 0 Å². The van der Waals surface area contributed by atoms with Gasteiger partial charge in [-0.2, -0.15) is 0 Å². The van der Waals surface area contributed by atoms with Gasteiger partial charge in [-0.05, 0) is 77.0 Å². The number of nitrogens with zero attached hydrogens (tertiary/aromatic N) is 1. The predicted octanol–water partition coefficient (Wildman–Crippen LogP) is 3.38. The van der Waals surface area contributed by atoms with Crippen LogP contribution in [0.4, 0.5) is 0 Å². The van der Waals surface area contributed by atoms with E-state index in [-0.39, 0.29) is 0 Å². The van der Waals surface area contributed by atoms with Crippen molar-refractivity contribution in [2.75, 3.05) is 26.7 Å². The van der Waals surface area contributed by atoms with Gasteiger partial charge in [0.15, 0.2) is 0 Å². The highest BCUT2D eigenvalue weighted by Gasteiger charge is 2.20. The number of nitrogens with one attached hydrogen (secondary N) is 1. The Hall–Kier alpha value is -0.0800. The number of rotatable bonds is 7. The van der Waals surface area contributed by atoms with Crippen molar-refractivity contribution in [3.05, 3.63) is 0 Å². The quantitative estimate of drug-likeness (QED) is 0.749. The number of hydrogen-bond acceptors (Lipinski definition) is 2. The first-order valence-corrected chi connectivity index (χ1v) is 7.91. The van der Waals surface area contributed by atoms with Gasteiger partial charge in [0, 0.05) is 6.04 Å². The zero-order valence-electron chi connectivity index (χ0n) is 13.2. The summed E-state index contributed by atoms with van der Waals surface area (Å²) in [5.74, 6) is 2.58. The minimum absolute atomic E-state index is 0.724. The Balaban J connectivity index is 2.21. The zero-order chi connectivity index (χ0) is 13.5. The lowest BCUT2D eigenvalue weighted by atomic mass is 9.85. The summed E-state index contributed by atoms with van der Waals surface area (Å²) in [7, 11) is 2.29.